The largest absolute Gasteiger partial charge is 0.490 e. The summed E-state index contributed by atoms with van der Waals surface area (Å²) in [6.07, 6.45) is 4.85. The fourth-order valence-corrected chi connectivity index (χ4v) is 8.79. The summed E-state index contributed by atoms with van der Waals surface area (Å²) in [6, 6.07) is 21.9. The van der Waals surface area contributed by atoms with Gasteiger partial charge in [-0.15, -0.1) is 6.58 Å². The normalized spacial score (nSPS) is 18.9. The topological polar surface area (TPSA) is 90.0 Å². The average Bonchev–Trinajstić information content (AvgIpc) is 3.05. The van der Waals surface area contributed by atoms with Gasteiger partial charge in [0, 0.05) is 53.4 Å². The fraction of sp³-hybridized carbons (Fsp3) is 0.381. The van der Waals surface area contributed by atoms with Crippen molar-refractivity contribution in [1.29, 1.82) is 0 Å². The molecule has 0 radical (unpaired) electrons. The van der Waals surface area contributed by atoms with E-state index in [9.17, 15) is 18.0 Å². The molecule has 0 spiro atoms. The Bertz CT molecular complexity index is 1940. The third-order valence-corrected chi connectivity index (χ3v) is 11.1. The van der Waals surface area contributed by atoms with Crippen molar-refractivity contribution in [3.63, 3.8) is 0 Å². The molecule has 0 atom stereocenters. The van der Waals surface area contributed by atoms with Crippen molar-refractivity contribution in [3.05, 3.63) is 125 Å². The molecule has 50 heavy (non-hydrogen) atoms. The first kappa shape index (κ1) is 35.4. The Hall–Kier alpha value is -4.43. The third kappa shape index (κ3) is 7.08. The van der Waals surface area contributed by atoms with Crippen molar-refractivity contribution in [2.45, 2.75) is 84.0 Å². The second kappa shape index (κ2) is 13.7. The standard InChI is InChI=1S/C42H47NO6S/c1-7-15-29-22-30(23-36(48-8-2)40(29)49-50(46,47)31-18-13-10-14-19-31)37-38-32(24-41(3,4)26-34(38)44)43(21-20-28-16-11-9-12-17-28)33-25-42(5,6)27-35(45)39(33)37/h7,9-14,16-19,22-23,37H,1,8,15,20-21,24-27H2,2-6H3. The number of rotatable bonds is 11. The van der Waals surface area contributed by atoms with E-state index in [0.29, 0.717) is 54.5 Å². The SMILES string of the molecule is C=CCc1cc(C2C3=C(CC(C)(C)CC3=O)N(CCc3ccccc3)C3=C2C(=O)CC(C)(C)C3)cc(OCC)c1OS(=O)(=O)c1ccccc1. The van der Waals surface area contributed by atoms with Crippen LogP contribution in [0.2, 0.25) is 0 Å². The lowest BCUT2D eigenvalue weighted by Gasteiger charge is -2.49. The fourth-order valence-electron chi connectivity index (χ4n) is 7.80. The molecule has 0 saturated heterocycles. The lowest BCUT2D eigenvalue weighted by atomic mass is 9.63. The van der Waals surface area contributed by atoms with Gasteiger partial charge in [-0.2, -0.15) is 8.42 Å². The highest BCUT2D eigenvalue weighted by atomic mass is 32.2. The van der Waals surface area contributed by atoms with Crippen LogP contribution in [-0.2, 0) is 32.5 Å². The summed E-state index contributed by atoms with van der Waals surface area (Å²) in [5, 5.41) is 0. The van der Waals surface area contributed by atoms with E-state index in [1.165, 1.54) is 17.7 Å². The quantitative estimate of drug-likeness (QED) is 0.147. The van der Waals surface area contributed by atoms with Gasteiger partial charge in [-0.25, -0.2) is 0 Å². The van der Waals surface area contributed by atoms with Gasteiger partial charge in [-0.05, 0) is 72.8 Å². The number of carbonyl (C=O) groups is 2. The number of hydrogen-bond acceptors (Lipinski definition) is 7. The number of Topliss-reactive ketones (excluding diaryl/α,β-unsaturated/α-hetero) is 2. The zero-order chi connectivity index (χ0) is 35.8. The van der Waals surface area contributed by atoms with Gasteiger partial charge in [0.1, 0.15) is 4.90 Å². The molecule has 0 saturated carbocycles. The van der Waals surface area contributed by atoms with Crippen LogP contribution in [-0.4, -0.2) is 38.0 Å². The van der Waals surface area contributed by atoms with Gasteiger partial charge in [-0.1, -0.05) is 88.4 Å². The van der Waals surface area contributed by atoms with E-state index in [0.717, 1.165) is 17.8 Å². The maximum atomic E-state index is 14.4. The van der Waals surface area contributed by atoms with Crippen LogP contribution in [0.1, 0.15) is 82.9 Å². The number of hydrogen-bond donors (Lipinski definition) is 0. The Balaban J connectivity index is 1.56. The van der Waals surface area contributed by atoms with Crippen LogP contribution in [0, 0.1) is 10.8 Å². The number of carbonyl (C=O) groups excluding carboxylic acids is 2. The van der Waals surface area contributed by atoms with Crippen LogP contribution in [0.4, 0.5) is 0 Å². The first-order chi connectivity index (χ1) is 23.7. The van der Waals surface area contributed by atoms with Crippen molar-refractivity contribution in [1.82, 2.24) is 4.90 Å². The Morgan fingerprint density at radius 1 is 0.840 bits per heavy atom. The average molecular weight is 694 g/mol. The van der Waals surface area contributed by atoms with Crippen molar-refractivity contribution < 1.29 is 26.9 Å². The van der Waals surface area contributed by atoms with Gasteiger partial charge in [0.2, 0.25) is 0 Å². The molecule has 1 aliphatic heterocycles. The van der Waals surface area contributed by atoms with E-state index in [1.807, 2.05) is 31.2 Å². The van der Waals surface area contributed by atoms with E-state index in [1.54, 1.807) is 30.3 Å². The van der Waals surface area contributed by atoms with Crippen LogP contribution in [0.25, 0.3) is 0 Å². The van der Waals surface area contributed by atoms with Gasteiger partial charge in [0.25, 0.3) is 0 Å². The zero-order valence-electron chi connectivity index (χ0n) is 29.8. The number of ether oxygens (including phenoxy) is 1. The van der Waals surface area contributed by atoms with E-state index in [-0.39, 0.29) is 51.8 Å². The second-order valence-electron chi connectivity index (χ2n) is 15.2. The summed E-state index contributed by atoms with van der Waals surface area (Å²) in [5.74, 6) is -0.238. The van der Waals surface area contributed by atoms with Crippen LogP contribution in [0.3, 0.4) is 0 Å². The molecule has 3 aromatic rings. The van der Waals surface area contributed by atoms with Crippen LogP contribution >= 0.6 is 0 Å². The maximum Gasteiger partial charge on any atom is 0.339 e. The number of nitrogens with zero attached hydrogens (tertiary/aromatic N) is 1. The monoisotopic (exact) mass is 693 g/mol. The molecule has 7 nitrogen and oxygen atoms in total. The summed E-state index contributed by atoms with van der Waals surface area (Å²) in [7, 11) is -4.20. The molecule has 8 heteroatoms. The molecule has 1 heterocycles. The predicted octanol–water partition coefficient (Wildman–Crippen LogP) is 8.51. The number of benzene rings is 3. The summed E-state index contributed by atoms with van der Waals surface area (Å²) in [6.45, 7) is 15.2. The van der Waals surface area contributed by atoms with Crippen molar-refractivity contribution in [3.8, 4) is 11.5 Å². The molecule has 0 fully saturated rings. The zero-order valence-corrected chi connectivity index (χ0v) is 30.6. The van der Waals surface area contributed by atoms with E-state index in [2.05, 4.69) is 51.3 Å². The molecule has 6 rings (SSSR count). The highest BCUT2D eigenvalue weighted by Crippen LogP contribution is 2.55. The maximum absolute atomic E-state index is 14.4. The Labute approximate surface area is 296 Å². The van der Waals surface area contributed by atoms with Gasteiger partial charge < -0.3 is 13.8 Å². The molecule has 0 amide bonds. The Kier molecular flexibility index (Phi) is 9.70. The molecule has 0 aromatic heterocycles. The number of ketones is 2. The van der Waals surface area contributed by atoms with E-state index >= 15 is 0 Å². The van der Waals surface area contributed by atoms with Crippen LogP contribution in [0.5, 0.6) is 11.5 Å². The van der Waals surface area contributed by atoms with Gasteiger partial charge in [0.15, 0.2) is 23.1 Å². The molecule has 2 aliphatic carbocycles. The van der Waals surface area contributed by atoms with Crippen molar-refractivity contribution >= 4 is 21.7 Å². The minimum Gasteiger partial charge on any atom is -0.490 e. The highest BCUT2D eigenvalue weighted by molar-refractivity contribution is 7.87. The summed E-state index contributed by atoms with van der Waals surface area (Å²) in [5.41, 5.74) is 5.19. The molecular formula is C42H47NO6S. The first-order valence-corrected chi connectivity index (χ1v) is 18.9. The molecule has 262 valence electrons. The van der Waals surface area contributed by atoms with E-state index < -0.39 is 16.0 Å². The van der Waals surface area contributed by atoms with Gasteiger partial charge in [0.05, 0.1) is 6.61 Å². The van der Waals surface area contributed by atoms with Gasteiger partial charge >= 0.3 is 10.1 Å². The Morgan fingerprint density at radius 2 is 1.40 bits per heavy atom. The van der Waals surface area contributed by atoms with Crippen molar-refractivity contribution in [2.24, 2.45) is 10.8 Å². The molecule has 3 aliphatic rings. The highest BCUT2D eigenvalue weighted by Gasteiger charge is 2.49. The smallest absolute Gasteiger partial charge is 0.339 e. The predicted molar refractivity (Wildman–Crippen MR) is 195 cm³/mol. The molecule has 0 unspecified atom stereocenters. The third-order valence-electron chi connectivity index (χ3n) is 9.87. The molecule has 0 bridgehead atoms. The summed E-state index contributed by atoms with van der Waals surface area (Å²) >= 11 is 0. The molecule has 3 aromatic carbocycles. The summed E-state index contributed by atoms with van der Waals surface area (Å²) < 4.78 is 38.9. The number of allylic oxidation sites excluding steroid dienone is 5. The lowest BCUT2D eigenvalue weighted by Crippen LogP contribution is -2.45. The molecule has 0 N–H and O–H groups in total. The van der Waals surface area contributed by atoms with Gasteiger partial charge in [-0.3, -0.25) is 9.59 Å². The minimum atomic E-state index is -4.20. The van der Waals surface area contributed by atoms with Crippen LogP contribution < -0.4 is 8.92 Å². The lowest BCUT2D eigenvalue weighted by molar-refractivity contribution is -0.119. The first-order valence-electron chi connectivity index (χ1n) is 17.5. The Morgan fingerprint density at radius 3 is 1.94 bits per heavy atom. The second-order valence-corrected chi connectivity index (χ2v) is 16.8. The van der Waals surface area contributed by atoms with Crippen LogP contribution in [0.15, 0.2) is 113 Å². The summed E-state index contributed by atoms with van der Waals surface area (Å²) in [4.78, 5) is 31.2. The molecular weight excluding hydrogens is 647 g/mol. The van der Waals surface area contributed by atoms with Crippen molar-refractivity contribution in [2.75, 3.05) is 13.2 Å². The van der Waals surface area contributed by atoms with E-state index in [4.69, 9.17) is 8.92 Å². The minimum absolute atomic E-state index is 0.0226.